The predicted octanol–water partition coefficient (Wildman–Crippen LogP) is 2.90. The summed E-state index contributed by atoms with van der Waals surface area (Å²) in [7, 11) is 1.47. The molecule has 1 unspecified atom stereocenters. The molecule has 152 valence electrons. The molecular formula is C19H20ClN5O4. The Hall–Kier alpha value is -3.20. The molecule has 0 spiro atoms. The lowest BCUT2D eigenvalue weighted by Crippen LogP contribution is -2.30. The topological polar surface area (TPSA) is 108 Å². The molecule has 0 bridgehead atoms. The quantitative estimate of drug-likeness (QED) is 0.636. The molecule has 1 N–H and O–H groups in total. The molecule has 0 saturated carbocycles. The van der Waals surface area contributed by atoms with Crippen LogP contribution in [0.15, 0.2) is 18.2 Å². The Labute approximate surface area is 172 Å². The highest BCUT2D eigenvalue weighted by atomic mass is 35.5. The zero-order valence-corrected chi connectivity index (χ0v) is 17.4. The monoisotopic (exact) mass is 417 g/mol. The molecule has 0 aliphatic carbocycles. The average Bonchev–Trinajstić information content (AvgIpc) is 3.08. The number of ether oxygens (including phenoxy) is 2. The zero-order chi connectivity index (χ0) is 21.3. The number of rotatable bonds is 5. The van der Waals surface area contributed by atoms with Crippen LogP contribution in [0.25, 0.3) is 5.78 Å². The van der Waals surface area contributed by atoms with Gasteiger partial charge in [0.25, 0.3) is 17.5 Å². The molecular weight excluding hydrogens is 398 g/mol. The lowest BCUT2D eigenvalue weighted by Gasteiger charge is -2.15. The largest absolute Gasteiger partial charge is 0.495 e. The van der Waals surface area contributed by atoms with E-state index in [-0.39, 0.29) is 11.6 Å². The van der Waals surface area contributed by atoms with Crippen LogP contribution in [0.5, 0.6) is 5.75 Å². The Morgan fingerprint density at radius 1 is 1.17 bits per heavy atom. The van der Waals surface area contributed by atoms with Gasteiger partial charge >= 0.3 is 5.97 Å². The van der Waals surface area contributed by atoms with Crippen LogP contribution in [0.3, 0.4) is 0 Å². The Morgan fingerprint density at radius 2 is 1.90 bits per heavy atom. The van der Waals surface area contributed by atoms with Gasteiger partial charge < -0.3 is 14.8 Å². The fourth-order valence-electron chi connectivity index (χ4n) is 2.68. The van der Waals surface area contributed by atoms with Crippen molar-refractivity contribution in [2.45, 2.75) is 33.8 Å². The van der Waals surface area contributed by atoms with Crippen molar-refractivity contribution >= 4 is 34.9 Å². The Balaban J connectivity index is 1.74. The number of nitrogens with zero attached hydrogens (tertiary/aromatic N) is 4. The number of hydrogen-bond acceptors (Lipinski definition) is 7. The molecule has 0 saturated heterocycles. The zero-order valence-electron chi connectivity index (χ0n) is 16.6. The molecule has 0 radical (unpaired) electrons. The van der Waals surface area contributed by atoms with Gasteiger partial charge in [-0.3, -0.25) is 4.79 Å². The van der Waals surface area contributed by atoms with E-state index < -0.39 is 18.0 Å². The number of amides is 1. The summed E-state index contributed by atoms with van der Waals surface area (Å²) in [4.78, 5) is 33.2. The molecule has 1 aromatic carbocycles. The average molecular weight is 418 g/mol. The Bertz CT molecular complexity index is 1110. The number of fused-ring (bicyclic) bond motifs is 1. The fraction of sp³-hybridized carbons (Fsp3) is 0.316. The maximum atomic E-state index is 12.5. The van der Waals surface area contributed by atoms with Crippen molar-refractivity contribution in [3.05, 3.63) is 46.0 Å². The summed E-state index contributed by atoms with van der Waals surface area (Å²) >= 11 is 6.07. The van der Waals surface area contributed by atoms with Gasteiger partial charge in [-0.25, -0.2) is 14.3 Å². The van der Waals surface area contributed by atoms with Gasteiger partial charge in [0.1, 0.15) is 5.75 Å². The predicted molar refractivity (Wildman–Crippen MR) is 107 cm³/mol. The minimum absolute atomic E-state index is 0.175. The van der Waals surface area contributed by atoms with Crippen LogP contribution in [0.1, 0.15) is 34.5 Å². The molecule has 1 atom stereocenters. The van der Waals surface area contributed by atoms with Crippen LogP contribution >= 0.6 is 11.6 Å². The third kappa shape index (κ3) is 4.29. The third-order valence-corrected chi connectivity index (χ3v) is 4.60. The van der Waals surface area contributed by atoms with Gasteiger partial charge in [0, 0.05) is 22.5 Å². The van der Waals surface area contributed by atoms with Crippen LogP contribution in [-0.4, -0.2) is 44.7 Å². The first-order valence-corrected chi connectivity index (χ1v) is 9.14. The Morgan fingerprint density at radius 3 is 2.59 bits per heavy atom. The number of aryl methyl sites for hydroxylation is 3. The smallest absolute Gasteiger partial charge is 0.379 e. The van der Waals surface area contributed by atoms with Crippen LogP contribution in [0.2, 0.25) is 5.02 Å². The number of methoxy groups -OCH3 is 1. The summed E-state index contributed by atoms with van der Waals surface area (Å²) in [6.45, 7) is 6.89. The van der Waals surface area contributed by atoms with Crippen LogP contribution in [0, 0.1) is 20.8 Å². The second-order valence-electron chi connectivity index (χ2n) is 6.52. The molecule has 3 rings (SSSR count). The van der Waals surface area contributed by atoms with Crippen molar-refractivity contribution < 1.29 is 19.1 Å². The number of hydrogen-bond donors (Lipinski definition) is 1. The number of carbonyl (C=O) groups excluding carboxylic acids is 2. The first-order valence-electron chi connectivity index (χ1n) is 8.76. The molecule has 2 heterocycles. The lowest BCUT2D eigenvalue weighted by molar-refractivity contribution is -0.123. The first kappa shape index (κ1) is 20.5. The fourth-order valence-corrected chi connectivity index (χ4v) is 2.84. The van der Waals surface area contributed by atoms with Crippen molar-refractivity contribution in [1.82, 2.24) is 19.6 Å². The molecule has 0 fully saturated rings. The summed E-state index contributed by atoms with van der Waals surface area (Å²) in [5.74, 6) is -0.855. The molecule has 29 heavy (non-hydrogen) atoms. The van der Waals surface area contributed by atoms with E-state index in [1.165, 1.54) is 18.5 Å². The summed E-state index contributed by atoms with van der Waals surface area (Å²) in [6, 6.07) is 5.09. The van der Waals surface area contributed by atoms with Gasteiger partial charge in [0.15, 0.2) is 6.10 Å². The van der Waals surface area contributed by atoms with Crippen molar-refractivity contribution in [2.75, 3.05) is 12.4 Å². The first-order chi connectivity index (χ1) is 13.7. The summed E-state index contributed by atoms with van der Waals surface area (Å²) in [6.07, 6.45) is -1.09. The van der Waals surface area contributed by atoms with E-state index in [0.717, 1.165) is 17.0 Å². The maximum absolute atomic E-state index is 12.5. The lowest BCUT2D eigenvalue weighted by atomic mass is 10.2. The minimum atomic E-state index is -1.09. The van der Waals surface area contributed by atoms with E-state index >= 15 is 0 Å². The third-order valence-electron chi connectivity index (χ3n) is 4.19. The number of carbonyl (C=O) groups is 2. The molecule has 10 heteroatoms. The number of nitrogens with one attached hydrogen (secondary N) is 1. The standard InChI is InChI=1S/C19H20ClN5O4/c1-9-6-14(15(28-5)8-13(9)20)22-17(26)12(4)29-18(27)16-23-19-21-10(2)7-11(3)25(19)24-16/h6-8,12H,1-5H3,(H,22,26). The van der Waals surface area contributed by atoms with E-state index in [9.17, 15) is 9.59 Å². The van der Waals surface area contributed by atoms with Crippen molar-refractivity contribution in [2.24, 2.45) is 0 Å². The maximum Gasteiger partial charge on any atom is 0.379 e. The van der Waals surface area contributed by atoms with Gasteiger partial charge in [-0.15, -0.1) is 5.10 Å². The second kappa shape index (κ2) is 8.04. The van der Waals surface area contributed by atoms with E-state index in [4.69, 9.17) is 21.1 Å². The van der Waals surface area contributed by atoms with Gasteiger partial charge in [-0.2, -0.15) is 4.98 Å². The summed E-state index contributed by atoms with van der Waals surface area (Å²) < 4.78 is 11.9. The second-order valence-corrected chi connectivity index (χ2v) is 6.93. The van der Waals surface area contributed by atoms with E-state index in [2.05, 4.69) is 20.4 Å². The Kier molecular flexibility index (Phi) is 5.69. The normalized spacial score (nSPS) is 11.9. The van der Waals surface area contributed by atoms with Gasteiger partial charge in [0.2, 0.25) is 0 Å². The van der Waals surface area contributed by atoms with Gasteiger partial charge in [0.05, 0.1) is 12.8 Å². The van der Waals surface area contributed by atoms with Crippen LogP contribution in [0.4, 0.5) is 5.69 Å². The molecule has 2 aromatic heterocycles. The SMILES string of the molecule is COc1cc(Cl)c(C)cc1NC(=O)C(C)OC(=O)c1nc2nc(C)cc(C)n2n1. The number of anilines is 1. The number of aromatic nitrogens is 4. The molecule has 9 nitrogen and oxygen atoms in total. The molecule has 0 aliphatic heterocycles. The highest BCUT2D eigenvalue weighted by Crippen LogP contribution is 2.31. The van der Waals surface area contributed by atoms with Crippen molar-refractivity contribution in [1.29, 1.82) is 0 Å². The van der Waals surface area contributed by atoms with E-state index in [1.807, 2.05) is 19.9 Å². The molecule has 0 aliphatic rings. The highest BCUT2D eigenvalue weighted by Gasteiger charge is 2.24. The van der Waals surface area contributed by atoms with E-state index in [0.29, 0.717) is 16.5 Å². The van der Waals surface area contributed by atoms with Crippen LogP contribution in [-0.2, 0) is 9.53 Å². The summed E-state index contributed by atoms with van der Waals surface area (Å²) in [5, 5.41) is 7.28. The highest BCUT2D eigenvalue weighted by molar-refractivity contribution is 6.31. The number of esters is 1. The molecule has 1 amide bonds. The number of halogens is 1. The van der Waals surface area contributed by atoms with Crippen molar-refractivity contribution in [3.8, 4) is 5.75 Å². The summed E-state index contributed by atoms with van der Waals surface area (Å²) in [5.41, 5.74) is 2.71. The van der Waals surface area contributed by atoms with Crippen LogP contribution < -0.4 is 10.1 Å². The molecule has 3 aromatic rings. The van der Waals surface area contributed by atoms with Crippen molar-refractivity contribution in [3.63, 3.8) is 0 Å². The van der Waals surface area contributed by atoms with Gasteiger partial charge in [-0.05, 0) is 45.4 Å². The number of benzene rings is 1. The van der Waals surface area contributed by atoms with Gasteiger partial charge in [-0.1, -0.05) is 11.6 Å². The minimum Gasteiger partial charge on any atom is -0.495 e. The van der Waals surface area contributed by atoms with E-state index in [1.54, 1.807) is 19.1 Å².